The molecule has 82 valence electrons. The van der Waals surface area contributed by atoms with Crippen LogP contribution in [0, 0.1) is 5.41 Å². The van der Waals surface area contributed by atoms with Gasteiger partial charge in [-0.25, -0.2) is 4.79 Å². The van der Waals surface area contributed by atoms with Crippen LogP contribution in [0.15, 0.2) is 12.2 Å². The van der Waals surface area contributed by atoms with Gasteiger partial charge in [-0.3, -0.25) is 10.2 Å². The van der Waals surface area contributed by atoms with Crippen molar-refractivity contribution in [3.63, 3.8) is 0 Å². The highest BCUT2D eigenvalue weighted by Gasteiger charge is 2.07. The van der Waals surface area contributed by atoms with Gasteiger partial charge in [-0.15, -0.1) is 12.4 Å². The van der Waals surface area contributed by atoms with E-state index in [-0.39, 0.29) is 23.9 Å². The van der Waals surface area contributed by atoms with E-state index in [2.05, 4.69) is 18.0 Å². The van der Waals surface area contributed by atoms with Crippen molar-refractivity contribution in [2.24, 2.45) is 11.5 Å². The molecule has 0 heterocycles. The predicted molar refractivity (Wildman–Crippen MR) is 52.4 cm³/mol. The number of carboxylic acid groups (broad SMARTS) is 2. The molecule has 0 unspecified atom stereocenters. The summed E-state index contributed by atoms with van der Waals surface area (Å²) in [5.41, 5.74) is 8.64. The molecule has 0 aliphatic carbocycles. The minimum atomic E-state index is -1.27. The lowest BCUT2D eigenvalue weighted by Gasteiger charge is -1.91. The maximum Gasteiger partial charge on any atom is 0.331 e. The summed E-state index contributed by atoms with van der Waals surface area (Å²) in [7, 11) is 0. The molecule has 0 aliphatic heterocycles. The summed E-state index contributed by atoms with van der Waals surface area (Å²) in [6.45, 7) is 3.01. The number of hydrogen-bond donors (Lipinski definition) is 5. The number of carboxylic acids is 2. The maximum atomic E-state index is 9.87. The minimum Gasteiger partial charge on any atom is -0.481 e. The molecule has 0 saturated carbocycles. The Balaban J connectivity index is -0.000000209. The van der Waals surface area contributed by atoms with Crippen molar-refractivity contribution in [3.8, 4) is 0 Å². The fourth-order valence-electron chi connectivity index (χ4n) is 0.258. The normalized spacial score (nSPS) is 7.14. The van der Waals surface area contributed by atoms with Crippen LogP contribution in [0.25, 0.3) is 0 Å². The van der Waals surface area contributed by atoms with Crippen molar-refractivity contribution in [2.45, 2.75) is 6.42 Å². The van der Waals surface area contributed by atoms with Crippen LogP contribution >= 0.6 is 12.4 Å². The first kappa shape index (κ1) is 18.1. The molecule has 0 aromatic rings. The number of aliphatic carboxylic acids is 2. The van der Waals surface area contributed by atoms with Crippen LogP contribution in [-0.4, -0.2) is 28.1 Å². The van der Waals surface area contributed by atoms with Gasteiger partial charge in [0, 0.05) is 5.57 Å². The van der Waals surface area contributed by atoms with Crippen LogP contribution in [-0.2, 0) is 9.59 Å². The van der Waals surface area contributed by atoms with E-state index in [1.165, 1.54) is 0 Å². The zero-order valence-electron chi connectivity index (χ0n) is 7.19. The van der Waals surface area contributed by atoms with Gasteiger partial charge in [0.05, 0.1) is 6.42 Å². The Morgan fingerprint density at radius 3 is 1.64 bits per heavy atom. The molecule has 0 radical (unpaired) electrons. The van der Waals surface area contributed by atoms with E-state index in [0.717, 1.165) is 0 Å². The van der Waals surface area contributed by atoms with Crippen LogP contribution in [0.1, 0.15) is 6.42 Å². The molecule has 0 amide bonds. The van der Waals surface area contributed by atoms with Gasteiger partial charge in [0.1, 0.15) is 0 Å². The predicted octanol–water partition coefficient (Wildman–Crippen LogP) is -0.638. The lowest BCUT2D eigenvalue weighted by atomic mass is 10.2. The summed E-state index contributed by atoms with van der Waals surface area (Å²) in [6, 6.07) is 0. The van der Waals surface area contributed by atoms with Crippen molar-refractivity contribution in [2.75, 3.05) is 0 Å². The lowest BCUT2D eigenvalue weighted by Crippen LogP contribution is -2.20. The van der Waals surface area contributed by atoms with E-state index in [0.29, 0.717) is 0 Å². The molecular formula is C6H12ClN3O4. The van der Waals surface area contributed by atoms with Crippen LogP contribution < -0.4 is 11.5 Å². The first-order valence-corrected chi connectivity index (χ1v) is 2.99. The summed E-state index contributed by atoms with van der Waals surface area (Å²) in [5.74, 6) is -2.78. The van der Waals surface area contributed by atoms with Crippen molar-refractivity contribution in [3.05, 3.63) is 12.2 Å². The molecule has 14 heavy (non-hydrogen) atoms. The lowest BCUT2D eigenvalue weighted by molar-refractivity contribution is -0.139. The summed E-state index contributed by atoms with van der Waals surface area (Å²) >= 11 is 0. The molecular weight excluding hydrogens is 214 g/mol. The quantitative estimate of drug-likeness (QED) is 0.245. The number of rotatable bonds is 3. The Labute approximate surface area is 86.3 Å². The van der Waals surface area contributed by atoms with Crippen LogP contribution in [0.4, 0.5) is 0 Å². The molecule has 0 saturated heterocycles. The fourth-order valence-corrected chi connectivity index (χ4v) is 0.258. The summed E-state index contributed by atoms with van der Waals surface area (Å²) in [6.07, 6.45) is -0.505. The first-order valence-electron chi connectivity index (χ1n) is 2.99. The van der Waals surface area contributed by atoms with Crippen LogP contribution in [0.2, 0.25) is 0 Å². The van der Waals surface area contributed by atoms with Crippen LogP contribution in [0.3, 0.4) is 0 Å². The standard InChI is InChI=1S/C5H6O4.CH5N3.ClH/c1-3(5(8)9)2-4(6)7;2-1(3)4;/h1-2H2,(H,6,7)(H,8,9);(H5,2,3,4);1H. The van der Waals surface area contributed by atoms with Gasteiger partial charge in [0.2, 0.25) is 0 Å². The van der Waals surface area contributed by atoms with Gasteiger partial charge in [-0.2, -0.15) is 0 Å². The Morgan fingerprint density at radius 2 is 1.57 bits per heavy atom. The first-order chi connectivity index (χ1) is 5.77. The molecule has 0 aromatic heterocycles. The van der Waals surface area contributed by atoms with E-state index in [4.69, 9.17) is 15.6 Å². The number of carbonyl (C=O) groups is 2. The van der Waals surface area contributed by atoms with Gasteiger partial charge < -0.3 is 21.7 Å². The molecule has 7 N–H and O–H groups in total. The van der Waals surface area contributed by atoms with Gasteiger partial charge in [-0.05, 0) is 0 Å². The molecule has 7 nitrogen and oxygen atoms in total. The highest BCUT2D eigenvalue weighted by atomic mass is 35.5. The van der Waals surface area contributed by atoms with Crippen molar-refractivity contribution >= 4 is 30.3 Å². The Hall–Kier alpha value is -1.76. The molecule has 0 spiro atoms. The summed E-state index contributed by atoms with van der Waals surface area (Å²) < 4.78 is 0. The second-order valence-corrected chi connectivity index (χ2v) is 1.93. The number of nitrogens with one attached hydrogen (secondary N) is 1. The average molecular weight is 226 g/mol. The molecule has 0 atom stereocenters. The second kappa shape index (κ2) is 9.33. The zero-order chi connectivity index (χ0) is 11.0. The summed E-state index contributed by atoms with van der Waals surface area (Å²) in [4.78, 5) is 19.7. The summed E-state index contributed by atoms with van der Waals surface area (Å²) in [5, 5.41) is 22.1. The topological polar surface area (TPSA) is 150 Å². The molecule has 0 bridgehead atoms. The highest BCUT2D eigenvalue weighted by Crippen LogP contribution is 1.95. The molecule has 0 aromatic carbocycles. The second-order valence-electron chi connectivity index (χ2n) is 1.93. The third-order valence-corrected chi connectivity index (χ3v) is 0.667. The molecule has 0 fully saturated rings. The van der Waals surface area contributed by atoms with E-state index >= 15 is 0 Å². The van der Waals surface area contributed by atoms with Crippen molar-refractivity contribution in [1.82, 2.24) is 0 Å². The van der Waals surface area contributed by atoms with Gasteiger partial charge in [-0.1, -0.05) is 6.58 Å². The van der Waals surface area contributed by atoms with Crippen molar-refractivity contribution in [1.29, 1.82) is 5.41 Å². The zero-order valence-corrected chi connectivity index (χ0v) is 8.00. The number of guanidine groups is 1. The Kier molecular flexibility index (Phi) is 12.1. The monoisotopic (exact) mass is 225 g/mol. The van der Waals surface area contributed by atoms with E-state index < -0.39 is 18.4 Å². The van der Waals surface area contributed by atoms with Crippen molar-refractivity contribution < 1.29 is 19.8 Å². The molecule has 0 aliphatic rings. The third kappa shape index (κ3) is 22.5. The smallest absolute Gasteiger partial charge is 0.331 e. The molecule has 8 heteroatoms. The average Bonchev–Trinajstić information content (AvgIpc) is 1.83. The third-order valence-electron chi connectivity index (χ3n) is 0.667. The largest absolute Gasteiger partial charge is 0.481 e. The highest BCUT2D eigenvalue weighted by molar-refractivity contribution is 5.91. The molecule has 0 rings (SSSR count). The fraction of sp³-hybridized carbons (Fsp3) is 0.167. The van der Waals surface area contributed by atoms with Gasteiger partial charge in [0.25, 0.3) is 0 Å². The van der Waals surface area contributed by atoms with Gasteiger partial charge in [0.15, 0.2) is 5.96 Å². The number of halogens is 1. The van der Waals surface area contributed by atoms with E-state index in [9.17, 15) is 9.59 Å². The van der Waals surface area contributed by atoms with Gasteiger partial charge >= 0.3 is 11.9 Å². The van der Waals surface area contributed by atoms with E-state index in [1.54, 1.807) is 0 Å². The van der Waals surface area contributed by atoms with Crippen LogP contribution in [0.5, 0.6) is 0 Å². The van der Waals surface area contributed by atoms with E-state index in [1.807, 2.05) is 0 Å². The minimum absolute atomic E-state index is 0. The Morgan fingerprint density at radius 1 is 1.29 bits per heavy atom. The maximum absolute atomic E-state index is 9.87. The number of hydrogen-bond acceptors (Lipinski definition) is 3. The SMILES string of the molecule is C=C(CC(=O)O)C(=O)O.Cl.N=C(N)N. The Bertz CT molecular complexity index is 237. The number of nitrogens with two attached hydrogens (primary N) is 2.